The first-order valence-electron chi connectivity index (χ1n) is 26.5. The zero-order valence-electron chi connectivity index (χ0n) is 42.6. The third-order valence-corrected chi connectivity index (χ3v) is 15.8. The molecule has 0 bridgehead atoms. The molecule has 77 heavy (non-hydrogen) atoms. The lowest BCUT2D eigenvalue weighted by molar-refractivity contribution is 0.576. The van der Waals surface area contributed by atoms with Gasteiger partial charge in [0, 0.05) is 66.0 Å². The number of rotatable bonds is 8. The zero-order chi connectivity index (χ0) is 51.2. The van der Waals surface area contributed by atoms with E-state index in [-0.39, 0.29) is 5.41 Å². The molecule has 0 N–H and O–H groups in total. The molecule has 8 aromatic carbocycles. The van der Waals surface area contributed by atoms with Crippen LogP contribution in [0.5, 0.6) is 0 Å². The summed E-state index contributed by atoms with van der Waals surface area (Å²) in [6.45, 7) is 4.57. The van der Waals surface area contributed by atoms with Gasteiger partial charge in [0.2, 0.25) is 11.9 Å². The molecule has 8 heteroatoms. The Kier molecular flexibility index (Phi) is 10.3. The molecular weight excluding hydrogens is 941 g/mol. The van der Waals surface area contributed by atoms with Crippen LogP contribution in [0, 0.1) is 5.92 Å². The van der Waals surface area contributed by atoms with Crippen LogP contribution in [0.2, 0.25) is 0 Å². The van der Waals surface area contributed by atoms with Crippen molar-refractivity contribution < 1.29 is 0 Å². The van der Waals surface area contributed by atoms with Gasteiger partial charge < -0.3 is 4.57 Å². The second-order valence-electron chi connectivity index (χ2n) is 20.8. The average molecular weight is 991 g/mol. The highest BCUT2D eigenvalue weighted by molar-refractivity contribution is 6.20. The van der Waals surface area contributed by atoms with E-state index in [9.17, 15) is 0 Å². The van der Waals surface area contributed by atoms with Crippen LogP contribution in [0.4, 0.5) is 0 Å². The van der Waals surface area contributed by atoms with Crippen LogP contribution in [0.3, 0.4) is 0 Å². The van der Waals surface area contributed by atoms with Crippen molar-refractivity contribution in [2.75, 3.05) is 0 Å². The minimum absolute atomic E-state index is 0.285. The molecular formula is C69H50N8. The molecule has 2 aliphatic rings. The second kappa shape index (κ2) is 17.7. The number of fused-ring (bicyclic) bond motifs is 10. The smallest absolute Gasteiger partial charge is 0.238 e. The standard InChI is InChI=1S/C69H50N8/c1-44-30-33-52-53-34-35-54-56-42-49(48-31-36-59-55(41-48)51-28-16-17-29-58(51)76(59)67-70-57(45-20-8-3-9-21-45)43-62(71-67)69(2)38-18-7-19-39-69)32-37-60(56)77(64(54)63(53)75(61(52)40-44)50-26-14-6-15-27-50)68-73-65(46-22-10-4-11-23-46)72-66(74-68)47-24-12-5-13-25-47/h3-38,41-44H,39-40H2,1-2H3. The summed E-state index contributed by atoms with van der Waals surface area (Å²) in [6.07, 6.45) is 15.2. The molecule has 0 saturated heterocycles. The topological polar surface area (TPSA) is 79.2 Å². The van der Waals surface area contributed by atoms with Crippen molar-refractivity contribution in [2.24, 2.45) is 5.92 Å². The molecule has 0 fully saturated rings. The lowest BCUT2D eigenvalue weighted by Crippen LogP contribution is -2.22. The van der Waals surface area contributed by atoms with Gasteiger partial charge in [0.05, 0.1) is 39.0 Å². The molecule has 8 nitrogen and oxygen atoms in total. The van der Waals surface area contributed by atoms with Crippen molar-refractivity contribution >= 4 is 60.6 Å². The highest BCUT2D eigenvalue weighted by atomic mass is 15.2. The molecule has 5 aromatic heterocycles. The summed E-state index contributed by atoms with van der Waals surface area (Å²) in [6, 6.07) is 70.9. The van der Waals surface area contributed by atoms with Gasteiger partial charge in [0.25, 0.3) is 0 Å². The van der Waals surface area contributed by atoms with Gasteiger partial charge in [0.1, 0.15) is 0 Å². The Morgan fingerprint density at radius 1 is 0.455 bits per heavy atom. The zero-order valence-corrected chi connectivity index (χ0v) is 42.6. The third-order valence-electron chi connectivity index (χ3n) is 15.8. The SMILES string of the molecule is CC1C=Cc2c(n(-c3ccccc3)c3c2ccc2c4cc(-c5ccc6c(c5)c5ccccc5n6-c5nc(-c6ccccc6)cc(C6(C)C=CC=CC6)n5)ccc4n(-c4nc(-c5ccccc5)nc(-c5ccccc5)n4)c23)C1. The molecule has 2 atom stereocenters. The lowest BCUT2D eigenvalue weighted by Gasteiger charge is -2.27. The first kappa shape index (κ1) is 44.7. The summed E-state index contributed by atoms with van der Waals surface area (Å²) < 4.78 is 7.04. The van der Waals surface area contributed by atoms with Crippen LogP contribution >= 0.6 is 0 Å². The number of hydrogen-bond acceptors (Lipinski definition) is 5. The molecule has 13 aromatic rings. The van der Waals surface area contributed by atoms with Gasteiger partial charge >= 0.3 is 0 Å². The first-order chi connectivity index (χ1) is 37.9. The Balaban J connectivity index is 0.975. The predicted octanol–water partition coefficient (Wildman–Crippen LogP) is 16.4. The summed E-state index contributed by atoms with van der Waals surface area (Å²) in [5.74, 6) is 2.82. The van der Waals surface area contributed by atoms with Gasteiger partial charge in [0.15, 0.2) is 11.6 Å². The van der Waals surface area contributed by atoms with Crippen molar-refractivity contribution in [3.05, 3.63) is 248 Å². The quantitative estimate of drug-likeness (QED) is 0.152. The minimum atomic E-state index is -0.285. The van der Waals surface area contributed by atoms with Crippen LogP contribution in [-0.2, 0) is 11.8 Å². The van der Waals surface area contributed by atoms with E-state index < -0.39 is 0 Å². The normalized spacial score (nSPS) is 16.1. The molecule has 0 radical (unpaired) electrons. The van der Waals surface area contributed by atoms with Crippen LogP contribution in [0.1, 0.15) is 37.2 Å². The number of nitrogens with zero attached hydrogens (tertiary/aromatic N) is 8. The van der Waals surface area contributed by atoms with Crippen LogP contribution in [-0.4, -0.2) is 38.6 Å². The fourth-order valence-corrected chi connectivity index (χ4v) is 12.0. The fraction of sp³-hybridized carbons (Fsp3) is 0.0870. The number of hydrogen-bond donors (Lipinski definition) is 0. The predicted molar refractivity (Wildman–Crippen MR) is 315 cm³/mol. The van der Waals surface area contributed by atoms with E-state index in [4.69, 9.17) is 24.9 Å². The van der Waals surface area contributed by atoms with Gasteiger partial charge in [-0.3, -0.25) is 9.13 Å². The summed E-state index contributed by atoms with van der Waals surface area (Å²) in [7, 11) is 0. The van der Waals surface area contributed by atoms with Gasteiger partial charge in [-0.1, -0.05) is 202 Å². The monoisotopic (exact) mass is 990 g/mol. The Morgan fingerprint density at radius 2 is 1.03 bits per heavy atom. The molecule has 0 spiro atoms. The van der Waals surface area contributed by atoms with E-state index in [1.165, 1.54) is 16.6 Å². The number of benzene rings is 8. The molecule has 0 aliphatic heterocycles. The van der Waals surface area contributed by atoms with E-state index in [1.807, 2.05) is 36.4 Å². The Bertz CT molecular complexity index is 4520. The van der Waals surface area contributed by atoms with Gasteiger partial charge in [-0.15, -0.1) is 0 Å². The number of para-hydroxylation sites is 2. The Labute approximate surface area is 445 Å². The molecule has 2 unspecified atom stereocenters. The summed E-state index contributed by atoms with van der Waals surface area (Å²) in [4.78, 5) is 26.7. The maximum Gasteiger partial charge on any atom is 0.238 e. The Morgan fingerprint density at radius 3 is 1.70 bits per heavy atom. The van der Waals surface area contributed by atoms with E-state index in [0.717, 1.165) is 107 Å². The highest BCUT2D eigenvalue weighted by Crippen LogP contribution is 2.45. The molecule has 5 heterocycles. The highest BCUT2D eigenvalue weighted by Gasteiger charge is 2.30. The van der Waals surface area contributed by atoms with Gasteiger partial charge in [-0.2, -0.15) is 9.97 Å². The van der Waals surface area contributed by atoms with Crippen molar-refractivity contribution in [2.45, 2.75) is 32.1 Å². The second-order valence-corrected chi connectivity index (χ2v) is 20.8. The maximum absolute atomic E-state index is 5.43. The van der Waals surface area contributed by atoms with Crippen LogP contribution in [0.25, 0.3) is 123 Å². The lowest BCUT2D eigenvalue weighted by atomic mass is 9.80. The van der Waals surface area contributed by atoms with Gasteiger partial charge in [-0.05, 0) is 78.4 Å². The Hall–Kier alpha value is -9.79. The summed E-state index contributed by atoms with van der Waals surface area (Å²) in [5, 5.41) is 5.68. The molecule has 0 saturated carbocycles. The molecule has 15 rings (SSSR count). The van der Waals surface area contributed by atoms with E-state index in [1.54, 1.807) is 0 Å². The molecule has 2 aliphatic carbocycles. The van der Waals surface area contributed by atoms with E-state index in [2.05, 4.69) is 228 Å². The van der Waals surface area contributed by atoms with E-state index in [0.29, 0.717) is 29.5 Å². The number of allylic oxidation sites excluding steroid dienone is 5. The third kappa shape index (κ3) is 7.31. The fourth-order valence-electron chi connectivity index (χ4n) is 12.0. The van der Waals surface area contributed by atoms with E-state index >= 15 is 0 Å². The first-order valence-corrected chi connectivity index (χ1v) is 26.5. The average Bonchev–Trinajstić information content (AvgIpc) is 4.35. The van der Waals surface area contributed by atoms with Crippen molar-refractivity contribution in [3.8, 4) is 62.7 Å². The summed E-state index contributed by atoms with van der Waals surface area (Å²) >= 11 is 0. The van der Waals surface area contributed by atoms with Crippen LogP contribution < -0.4 is 0 Å². The molecule has 366 valence electrons. The van der Waals surface area contributed by atoms with Crippen LogP contribution in [0.15, 0.2) is 231 Å². The largest absolute Gasteiger partial charge is 0.311 e. The van der Waals surface area contributed by atoms with Crippen molar-refractivity contribution in [1.82, 2.24) is 38.6 Å². The molecule has 0 amide bonds. The van der Waals surface area contributed by atoms with Crippen molar-refractivity contribution in [1.29, 1.82) is 0 Å². The maximum atomic E-state index is 5.43. The van der Waals surface area contributed by atoms with Gasteiger partial charge in [-0.25, -0.2) is 15.0 Å². The van der Waals surface area contributed by atoms with Crippen molar-refractivity contribution in [3.63, 3.8) is 0 Å². The minimum Gasteiger partial charge on any atom is -0.311 e. The summed E-state index contributed by atoms with van der Waals surface area (Å²) in [5.41, 5.74) is 15.7. The number of aromatic nitrogens is 8.